The van der Waals surface area contributed by atoms with Gasteiger partial charge in [0.1, 0.15) is 12.4 Å². The normalized spacial score (nSPS) is 22.0. The number of aromatic nitrogens is 2. The quantitative estimate of drug-likeness (QED) is 0.829. The second kappa shape index (κ2) is 5.56. The summed E-state index contributed by atoms with van der Waals surface area (Å²) in [4.78, 5) is 11.8. The molecule has 1 unspecified atom stereocenters. The van der Waals surface area contributed by atoms with Gasteiger partial charge in [0.15, 0.2) is 11.6 Å². The summed E-state index contributed by atoms with van der Waals surface area (Å²) in [6.45, 7) is 9.56. The lowest BCUT2D eigenvalue weighted by molar-refractivity contribution is 0.147. The molecule has 0 N–H and O–H groups in total. The zero-order valence-electron chi connectivity index (χ0n) is 12.6. The van der Waals surface area contributed by atoms with E-state index in [4.69, 9.17) is 14.5 Å². The Labute approximate surface area is 120 Å². The van der Waals surface area contributed by atoms with E-state index >= 15 is 0 Å². The van der Waals surface area contributed by atoms with E-state index in [9.17, 15) is 0 Å². The Hall–Kier alpha value is -1.36. The van der Waals surface area contributed by atoms with Gasteiger partial charge in [-0.15, -0.1) is 0 Å². The molecule has 0 aliphatic carbocycles. The first kappa shape index (κ1) is 13.6. The minimum absolute atomic E-state index is 0.328. The summed E-state index contributed by atoms with van der Waals surface area (Å²) in [5.74, 6) is 3.10. The van der Waals surface area contributed by atoms with Gasteiger partial charge in [0.25, 0.3) is 0 Å². The molecule has 0 aromatic carbocycles. The lowest BCUT2D eigenvalue weighted by Crippen LogP contribution is -2.44. The molecule has 5 heteroatoms. The minimum atomic E-state index is 0.328. The molecule has 5 nitrogen and oxygen atoms in total. The largest absolute Gasteiger partial charge is 0.486 e. The third-order valence-corrected chi connectivity index (χ3v) is 3.99. The minimum Gasteiger partial charge on any atom is -0.486 e. The summed E-state index contributed by atoms with van der Waals surface area (Å²) in [5.41, 5.74) is 1.03. The third-order valence-electron chi connectivity index (χ3n) is 3.99. The first-order chi connectivity index (χ1) is 9.70. The van der Waals surface area contributed by atoms with Gasteiger partial charge in [-0.2, -0.15) is 0 Å². The first-order valence-corrected chi connectivity index (χ1v) is 7.58. The number of hydrogen-bond donors (Lipinski definition) is 0. The Balaban J connectivity index is 2.06. The van der Waals surface area contributed by atoms with Crippen molar-refractivity contribution >= 4 is 5.82 Å². The molecule has 2 aliphatic rings. The smallest absolute Gasteiger partial charge is 0.183 e. The van der Waals surface area contributed by atoms with Crippen molar-refractivity contribution in [1.82, 2.24) is 9.97 Å². The van der Waals surface area contributed by atoms with Crippen molar-refractivity contribution < 1.29 is 9.47 Å². The Kier molecular flexibility index (Phi) is 3.78. The van der Waals surface area contributed by atoms with Gasteiger partial charge >= 0.3 is 0 Å². The summed E-state index contributed by atoms with van der Waals surface area (Å²) in [6, 6.07) is 0.379. The number of fused-ring (bicyclic) bond motifs is 3. The van der Waals surface area contributed by atoms with E-state index in [2.05, 4.69) is 30.7 Å². The molecule has 1 aromatic rings. The van der Waals surface area contributed by atoms with Gasteiger partial charge in [0.2, 0.25) is 0 Å². The van der Waals surface area contributed by atoms with Crippen LogP contribution < -0.4 is 9.64 Å². The zero-order chi connectivity index (χ0) is 14.1. The van der Waals surface area contributed by atoms with E-state index in [0.717, 1.165) is 55.7 Å². The molecular weight excluding hydrogens is 254 g/mol. The Morgan fingerprint density at radius 2 is 2.15 bits per heavy atom. The van der Waals surface area contributed by atoms with Crippen LogP contribution in [0.15, 0.2) is 0 Å². The maximum absolute atomic E-state index is 5.98. The Bertz CT molecular complexity index is 490. The zero-order valence-corrected chi connectivity index (χ0v) is 12.6. The monoisotopic (exact) mass is 277 g/mol. The molecular formula is C15H23N3O2. The fraction of sp³-hybridized carbons (Fsp3) is 0.733. The molecule has 1 aromatic heterocycles. The van der Waals surface area contributed by atoms with E-state index < -0.39 is 0 Å². The van der Waals surface area contributed by atoms with Gasteiger partial charge in [-0.1, -0.05) is 20.8 Å². The molecule has 3 rings (SSSR count). The van der Waals surface area contributed by atoms with E-state index in [-0.39, 0.29) is 0 Å². The molecule has 1 saturated heterocycles. The van der Waals surface area contributed by atoms with Gasteiger partial charge in [-0.05, 0) is 12.8 Å². The molecule has 1 atom stereocenters. The van der Waals surface area contributed by atoms with Crippen LogP contribution >= 0.6 is 0 Å². The molecule has 0 radical (unpaired) electrons. The van der Waals surface area contributed by atoms with Crippen molar-refractivity contribution in [3.63, 3.8) is 0 Å². The molecule has 2 aliphatic heterocycles. The molecule has 3 heterocycles. The summed E-state index contributed by atoms with van der Waals surface area (Å²) in [6.07, 6.45) is 1.88. The lowest BCUT2D eigenvalue weighted by atomic mass is 10.1. The van der Waals surface area contributed by atoms with Crippen LogP contribution in [-0.2, 0) is 11.2 Å². The van der Waals surface area contributed by atoms with Crippen LogP contribution in [0.3, 0.4) is 0 Å². The summed E-state index contributed by atoms with van der Waals surface area (Å²) < 4.78 is 11.6. The first-order valence-electron chi connectivity index (χ1n) is 7.58. The maximum Gasteiger partial charge on any atom is 0.183 e. The molecule has 0 bridgehead atoms. The van der Waals surface area contributed by atoms with Crippen LogP contribution in [0.5, 0.6) is 5.75 Å². The van der Waals surface area contributed by atoms with Crippen LogP contribution in [0.2, 0.25) is 0 Å². The number of ether oxygens (including phenoxy) is 2. The van der Waals surface area contributed by atoms with Crippen molar-refractivity contribution in [3.8, 4) is 5.75 Å². The van der Waals surface area contributed by atoms with Crippen molar-refractivity contribution in [3.05, 3.63) is 11.5 Å². The van der Waals surface area contributed by atoms with Gasteiger partial charge < -0.3 is 14.4 Å². The fourth-order valence-corrected chi connectivity index (χ4v) is 2.80. The fourth-order valence-electron chi connectivity index (χ4n) is 2.80. The number of nitrogens with zero attached hydrogens (tertiary/aromatic N) is 3. The Morgan fingerprint density at radius 3 is 2.90 bits per heavy atom. The van der Waals surface area contributed by atoms with E-state index in [1.807, 2.05) is 0 Å². The predicted molar refractivity (Wildman–Crippen MR) is 77.6 cm³/mol. The average molecular weight is 277 g/mol. The van der Waals surface area contributed by atoms with Crippen molar-refractivity contribution in [2.75, 3.05) is 31.3 Å². The average Bonchev–Trinajstić information content (AvgIpc) is 2.71. The second-order valence-corrected chi connectivity index (χ2v) is 5.75. The molecule has 1 fully saturated rings. The van der Waals surface area contributed by atoms with Crippen LogP contribution in [0, 0.1) is 0 Å². The van der Waals surface area contributed by atoms with Crippen LogP contribution in [0.25, 0.3) is 0 Å². The van der Waals surface area contributed by atoms with Crippen molar-refractivity contribution in [2.24, 2.45) is 0 Å². The standard InChI is InChI=1S/C15H23N3O2/c1-4-12-13-15(17-14(16-12)10(2)3)18-6-8-19-7-5-11(18)9-20-13/h10-11H,4-9H2,1-3H3. The topological polar surface area (TPSA) is 47.5 Å². The molecule has 0 saturated carbocycles. The molecule has 110 valence electrons. The van der Waals surface area contributed by atoms with E-state index in [1.165, 1.54) is 0 Å². The van der Waals surface area contributed by atoms with E-state index in [0.29, 0.717) is 18.6 Å². The third kappa shape index (κ3) is 2.35. The van der Waals surface area contributed by atoms with Crippen molar-refractivity contribution in [2.45, 2.75) is 45.6 Å². The molecule has 0 amide bonds. The highest BCUT2D eigenvalue weighted by Crippen LogP contribution is 2.36. The Morgan fingerprint density at radius 1 is 1.30 bits per heavy atom. The summed E-state index contributed by atoms with van der Waals surface area (Å²) >= 11 is 0. The molecule has 20 heavy (non-hydrogen) atoms. The highest BCUT2D eigenvalue weighted by atomic mass is 16.5. The highest BCUT2D eigenvalue weighted by Gasteiger charge is 2.32. The van der Waals surface area contributed by atoms with Crippen molar-refractivity contribution in [1.29, 1.82) is 0 Å². The number of rotatable bonds is 2. The molecule has 0 spiro atoms. The summed E-state index contributed by atoms with van der Waals surface area (Å²) in [5, 5.41) is 0. The summed E-state index contributed by atoms with van der Waals surface area (Å²) in [7, 11) is 0. The van der Waals surface area contributed by atoms with Crippen LogP contribution in [0.4, 0.5) is 5.82 Å². The van der Waals surface area contributed by atoms with Gasteiger partial charge in [-0.3, -0.25) is 0 Å². The maximum atomic E-state index is 5.98. The van der Waals surface area contributed by atoms with Gasteiger partial charge in [-0.25, -0.2) is 9.97 Å². The SMILES string of the molecule is CCc1nc(C(C)C)nc2c1OCC1CCOCCN21. The lowest BCUT2D eigenvalue weighted by Gasteiger charge is -2.36. The second-order valence-electron chi connectivity index (χ2n) is 5.75. The number of hydrogen-bond acceptors (Lipinski definition) is 5. The van der Waals surface area contributed by atoms with Crippen LogP contribution in [0.1, 0.15) is 44.6 Å². The number of anilines is 1. The van der Waals surface area contributed by atoms with Gasteiger partial charge in [0, 0.05) is 19.1 Å². The van der Waals surface area contributed by atoms with E-state index in [1.54, 1.807) is 0 Å². The predicted octanol–water partition coefficient (Wildman–Crippen LogP) is 2.15. The number of aryl methyl sites for hydroxylation is 1. The van der Waals surface area contributed by atoms with Crippen LogP contribution in [-0.4, -0.2) is 42.4 Å². The highest BCUT2D eigenvalue weighted by molar-refractivity contribution is 5.57. The van der Waals surface area contributed by atoms with Gasteiger partial charge in [0.05, 0.1) is 18.3 Å².